The number of aliphatic hydroxyl groups excluding tert-OH is 1. The molecule has 4 atom stereocenters. The van der Waals surface area contributed by atoms with E-state index in [1.54, 1.807) is 9.80 Å². The third kappa shape index (κ3) is 7.55. The lowest BCUT2D eigenvalue weighted by Crippen LogP contribution is -2.55. The van der Waals surface area contributed by atoms with Crippen molar-refractivity contribution in [3.8, 4) is 0 Å². The summed E-state index contributed by atoms with van der Waals surface area (Å²) in [5.74, 6) is 0. The van der Waals surface area contributed by atoms with Gasteiger partial charge in [-0.3, -0.25) is 9.80 Å². The molecule has 0 saturated carbocycles. The van der Waals surface area contributed by atoms with E-state index < -0.39 is 11.2 Å². The highest BCUT2D eigenvalue weighted by molar-refractivity contribution is 5.69. The molecule has 0 aromatic carbocycles. The Bertz CT molecular complexity index is 779. The number of amides is 2. The van der Waals surface area contributed by atoms with Gasteiger partial charge in [0.2, 0.25) is 0 Å². The first-order valence-electron chi connectivity index (χ1n) is 13.3. The molecular weight excluding hydrogens is 464 g/mol. The second-order valence-corrected chi connectivity index (χ2v) is 12.3. The topological polar surface area (TPSA) is 103 Å². The predicted octanol–water partition coefficient (Wildman–Crippen LogP) is 2.33. The number of hydrogen-bond acceptors (Lipinski definition) is 8. The maximum atomic E-state index is 12.0. The number of hydrogen-bond donors (Lipinski definition) is 1. The highest BCUT2D eigenvalue weighted by atomic mass is 16.6. The Labute approximate surface area is 215 Å². The van der Waals surface area contributed by atoms with Crippen LogP contribution >= 0.6 is 0 Å². The molecule has 0 spiro atoms. The van der Waals surface area contributed by atoms with Crippen LogP contribution in [0.25, 0.3) is 0 Å². The van der Waals surface area contributed by atoms with Crippen molar-refractivity contribution in [2.75, 3.05) is 45.9 Å². The highest BCUT2D eigenvalue weighted by Gasteiger charge is 2.40. The summed E-state index contributed by atoms with van der Waals surface area (Å²) in [7, 11) is 0. The molecule has 10 nitrogen and oxygen atoms in total. The molecule has 0 bridgehead atoms. The van der Waals surface area contributed by atoms with Gasteiger partial charge >= 0.3 is 12.2 Å². The quantitative estimate of drug-likeness (QED) is 0.565. The maximum Gasteiger partial charge on any atom is 0.410 e. The van der Waals surface area contributed by atoms with Crippen molar-refractivity contribution in [3.05, 3.63) is 0 Å². The fraction of sp³-hybridized carbons (Fsp3) is 0.885. The number of piperazine rings is 2. The molecule has 0 aromatic rings. The fourth-order valence-electron chi connectivity index (χ4n) is 5.58. The Morgan fingerprint density at radius 1 is 0.778 bits per heavy atom. The standard InChI is InChI=1S/C13H24N2O3.C13H22N2O3/c2*1-13(2,3)18-12(17)14-6-7-15-10(8-14)4-5-11(15)9-16/h10-11,16H,4-9H2,1-3H3;9-11H,4-8H2,1-3H3/t2*10-,11+/m00/s1. The predicted molar refractivity (Wildman–Crippen MR) is 136 cm³/mol. The second kappa shape index (κ2) is 11.6. The first kappa shape index (κ1) is 28.7. The van der Waals surface area contributed by atoms with Gasteiger partial charge in [-0.25, -0.2) is 9.59 Å². The van der Waals surface area contributed by atoms with Crippen LogP contribution in [0.1, 0.15) is 67.2 Å². The van der Waals surface area contributed by atoms with Gasteiger partial charge in [-0.2, -0.15) is 0 Å². The van der Waals surface area contributed by atoms with Crippen LogP contribution in [0.4, 0.5) is 9.59 Å². The van der Waals surface area contributed by atoms with Gasteiger partial charge < -0.3 is 29.2 Å². The van der Waals surface area contributed by atoms with Crippen molar-refractivity contribution >= 4 is 18.5 Å². The molecule has 0 unspecified atom stereocenters. The molecule has 0 aliphatic carbocycles. The van der Waals surface area contributed by atoms with Gasteiger partial charge in [-0.15, -0.1) is 0 Å². The average molecular weight is 511 g/mol. The Kier molecular flexibility index (Phi) is 9.27. The molecular formula is C26H46N4O6. The summed E-state index contributed by atoms with van der Waals surface area (Å²) in [6.45, 7) is 15.9. The van der Waals surface area contributed by atoms with E-state index in [0.717, 1.165) is 51.6 Å². The van der Waals surface area contributed by atoms with E-state index in [2.05, 4.69) is 9.80 Å². The van der Waals surface area contributed by atoms with Gasteiger partial charge in [0.1, 0.15) is 17.5 Å². The number of rotatable bonds is 2. The summed E-state index contributed by atoms with van der Waals surface area (Å²) < 4.78 is 10.8. The third-order valence-electron chi connectivity index (χ3n) is 7.25. The van der Waals surface area contributed by atoms with E-state index >= 15 is 0 Å². The van der Waals surface area contributed by atoms with Crippen molar-refractivity contribution in [2.24, 2.45) is 0 Å². The summed E-state index contributed by atoms with van der Waals surface area (Å²) in [5.41, 5.74) is -0.882. The van der Waals surface area contributed by atoms with Gasteiger partial charge in [-0.05, 0) is 67.2 Å². The molecule has 4 rings (SSSR count). The van der Waals surface area contributed by atoms with E-state index in [-0.39, 0.29) is 30.9 Å². The van der Waals surface area contributed by atoms with E-state index in [0.29, 0.717) is 31.7 Å². The lowest BCUT2D eigenvalue weighted by molar-refractivity contribution is -0.112. The molecule has 4 heterocycles. The van der Waals surface area contributed by atoms with Gasteiger partial charge in [0, 0.05) is 57.4 Å². The van der Waals surface area contributed by atoms with Crippen molar-refractivity contribution in [1.82, 2.24) is 19.6 Å². The number of carbonyl (C=O) groups is 3. The van der Waals surface area contributed by atoms with E-state index in [9.17, 15) is 19.5 Å². The van der Waals surface area contributed by atoms with Crippen LogP contribution in [0, 0.1) is 0 Å². The molecule has 0 radical (unpaired) electrons. The normalized spacial score (nSPS) is 29.1. The summed E-state index contributed by atoms with van der Waals surface area (Å²) >= 11 is 0. The number of carbonyl (C=O) groups excluding carboxylic acids is 3. The van der Waals surface area contributed by atoms with Crippen LogP contribution in [-0.2, 0) is 14.3 Å². The Morgan fingerprint density at radius 2 is 1.25 bits per heavy atom. The van der Waals surface area contributed by atoms with Gasteiger partial charge in [0.25, 0.3) is 0 Å². The lowest BCUT2D eigenvalue weighted by atomic mass is 10.1. The molecule has 4 saturated heterocycles. The molecule has 0 aromatic heterocycles. The van der Waals surface area contributed by atoms with Crippen LogP contribution in [0.5, 0.6) is 0 Å². The smallest absolute Gasteiger partial charge is 0.410 e. The minimum Gasteiger partial charge on any atom is -0.444 e. The van der Waals surface area contributed by atoms with Gasteiger partial charge in [-0.1, -0.05) is 0 Å². The van der Waals surface area contributed by atoms with Crippen molar-refractivity contribution < 1.29 is 29.0 Å². The number of nitrogens with zero attached hydrogens (tertiary/aromatic N) is 4. The maximum absolute atomic E-state index is 12.0. The van der Waals surface area contributed by atoms with Crippen LogP contribution in [0.3, 0.4) is 0 Å². The number of aliphatic hydroxyl groups is 1. The number of fused-ring (bicyclic) bond motifs is 2. The first-order valence-corrected chi connectivity index (χ1v) is 13.3. The van der Waals surface area contributed by atoms with Crippen molar-refractivity contribution in [3.63, 3.8) is 0 Å². The zero-order chi connectivity index (χ0) is 26.7. The Balaban J connectivity index is 0.000000201. The highest BCUT2D eigenvalue weighted by Crippen LogP contribution is 2.28. The Morgan fingerprint density at radius 3 is 1.72 bits per heavy atom. The SMILES string of the molecule is CC(C)(C)OC(=O)N1CCN2[C@@H](CC[C@@H]2C=O)C1.CC(C)(C)OC(=O)N1CCN2[C@@H](CO)CC[C@H]2C1. The molecule has 36 heavy (non-hydrogen) atoms. The zero-order valence-electron chi connectivity index (χ0n) is 22.9. The fourth-order valence-corrected chi connectivity index (χ4v) is 5.58. The molecule has 1 N–H and O–H groups in total. The minimum atomic E-state index is -0.449. The van der Waals surface area contributed by atoms with Crippen LogP contribution in [0.2, 0.25) is 0 Å². The van der Waals surface area contributed by atoms with Gasteiger partial charge in [0.05, 0.1) is 12.6 Å². The second-order valence-electron chi connectivity index (χ2n) is 12.3. The van der Waals surface area contributed by atoms with E-state index in [4.69, 9.17) is 9.47 Å². The van der Waals surface area contributed by atoms with Crippen LogP contribution in [-0.4, -0.2) is 124 Å². The summed E-state index contributed by atoms with van der Waals surface area (Å²) in [6.07, 6.45) is 4.57. The van der Waals surface area contributed by atoms with Crippen LogP contribution < -0.4 is 0 Å². The third-order valence-corrected chi connectivity index (χ3v) is 7.25. The lowest BCUT2D eigenvalue weighted by Gasteiger charge is -2.39. The van der Waals surface area contributed by atoms with E-state index in [1.165, 1.54) is 0 Å². The summed E-state index contributed by atoms with van der Waals surface area (Å²) in [5, 5.41) is 9.29. The molecule has 4 aliphatic heterocycles. The Hall–Kier alpha value is -1.91. The molecule has 2 amide bonds. The van der Waals surface area contributed by atoms with Crippen molar-refractivity contribution in [1.29, 1.82) is 0 Å². The summed E-state index contributed by atoms with van der Waals surface area (Å²) in [4.78, 5) is 43.0. The first-order chi connectivity index (χ1) is 16.8. The minimum absolute atomic E-state index is 0.0517. The van der Waals surface area contributed by atoms with Crippen molar-refractivity contribution in [2.45, 2.75) is 103 Å². The zero-order valence-corrected chi connectivity index (χ0v) is 22.9. The molecule has 4 fully saturated rings. The largest absolute Gasteiger partial charge is 0.444 e. The molecule has 10 heteroatoms. The number of ether oxygens (including phenoxy) is 2. The summed E-state index contributed by atoms with van der Waals surface area (Å²) in [6, 6.07) is 1.05. The molecule has 4 aliphatic rings. The van der Waals surface area contributed by atoms with Crippen LogP contribution in [0.15, 0.2) is 0 Å². The number of aldehydes is 1. The molecule has 206 valence electrons. The van der Waals surface area contributed by atoms with Gasteiger partial charge in [0.15, 0.2) is 0 Å². The average Bonchev–Trinajstić information content (AvgIpc) is 3.39. The monoisotopic (exact) mass is 510 g/mol. The van der Waals surface area contributed by atoms with E-state index in [1.807, 2.05) is 41.5 Å².